The van der Waals surface area contributed by atoms with Crippen LogP contribution in [0.4, 0.5) is 4.79 Å². The normalized spacial score (nSPS) is 21.9. The standard InChI is InChI=1S/C15H29NO5S/c1-14(2,3)21-13(17)16-12(9-10-15(16,4)5)8-7-11-20-22(6,18)19/h12H,7-11H2,1-6H3/t12-/m1/s1. The number of carbonyl (C=O) groups excluding carboxylic acids is 1. The van der Waals surface area contributed by atoms with Crippen LogP contribution >= 0.6 is 0 Å². The quantitative estimate of drug-likeness (QED) is 0.570. The number of likely N-dealkylation sites (tertiary alicyclic amines) is 1. The van der Waals surface area contributed by atoms with Crippen LogP contribution in [0.15, 0.2) is 0 Å². The fraction of sp³-hybridized carbons (Fsp3) is 0.933. The highest BCUT2D eigenvalue weighted by Gasteiger charge is 2.43. The van der Waals surface area contributed by atoms with Crippen LogP contribution < -0.4 is 0 Å². The average Bonchev–Trinajstić information content (AvgIpc) is 2.56. The molecule has 0 unspecified atom stereocenters. The molecule has 130 valence electrons. The van der Waals surface area contributed by atoms with Gasteiger partial charge in [-0.05, 0) is 60.3 Å². The summed E-state index contributed by atoms with van der Waals surface area (Å²) in [7, 11) is -3.40. The molecule has 1 aliphatic heterocycles. The zero-order chi connectivity index (χ0) is 17.2. The molecule has 7 heteroatoms. The highest BCUT2D eigenvalue weighted by atomic mass is 32.2. The summed E-state index contributed by atoms with van der Waals surface area (Å²) < 4.78 is 32.2. The Hall–Kier alpha value is -0.820. The molecular formula is C15H29NO5S. The number of carbonyl (C=O) groups is 1. The number of ether oxygens (including phenoxy) is 1. The van der Waals surface area contributed by atoms with Gasteiger partial charge in [-0.25, -0.2) is 4.79 Å². The second-order valence-corrected chi connectivity index (χ2v) is 9.17. The molecule has 1 saturated heterocycles. The molecular weight excluding hydrogens is 306 g/mol. The summed E-state index contributed by atoms with van der Waals surface area (Å²) in [5.74, 6) is 0. The van der Waals surface area contributed by atoms with Crippen molar-refractivity contribution in [2.24, 2.45) is 0 Å². The first-order valence-corrected chi connectivity index (χ1v) is 9.50. The van der Waals surface area contributed by atoms with Crippen molar-refractivity contribution < 1.29 is 22.1 Å². The van der Waals surface area contributed by atoms with E-state index < -0.39 is 15.7 Å². The lowest BCUT2D eigenvalue weighted by molar-refractivity contribution is 0.00255. The first kappa shape index (κ1) is 19.2. The van der Waals surface area contributed by atoms with E-state index in [-0.39, 0.29) is 24.3 Å². The van der Waals surface area contributed by atoms with Crippen LogP contribution in [0.2, 0.25) is 0 Å². The van der Waals surface area contributed by atoms with Gasteiger partial charge in [0.1, 0.15) is 5.60 Å². The molecule has 1 heterocycles. The number of hydrogen-bond acceptors (Lipinski definition) is 5. The molecule has 0 aromatic rings. The molecule has 0 saturated carbocycles. The Morgan fingerprint density at radius 2 is 1.91 bits per heavy atom. The van der Waals surface area contributed by atoms with Gasteiger partial charge in [-0.1, -0.05) is 0 Å². The Bertz CT molecular complexity index is 493. The summed E-state index contributed by atoms with van der Waals surface area (Å²) in [4.78, 5) is 14.3. The Balaban J connectivity index is 2.63. The maximum atomic E-state index is 12.5. The Morgan fingerprint density at radius 1 is 1.32 bits per heavy atom. The van der Waals surface area contributed by atoms with Crippen molar-refractivity contribution in [3.8, 4) is 0 Å². The van der Waals surface area contributed by atoms with Crippen LogP contribution in [-0.4, -0.2) is 49.5 Å². The third-order valence-corrected chi connectivity index (χ3v) is 4.27. The highest BCUT2D eigenvalue weighted by Crippen LogP contribution is 2.36. The average molecular weight is 335 g/mol. The van der Waals surface area contributed by atoms with Gasteiger partial charge in [0.25, 0.3) is 10.1 Å². The van der Waals surface area contributed by atoms with E-state index in [9.17, 15) is 13.2 Å². The van der Waals surface area contributed by atoms with Crippen molar-refractivity contribution >= 4 is 16.2 Å². The highest BCUT2D eigenvalue weighted by molar-refractivity contribution is 7.85. The minimum Gasteiger partial charge on any atom is -0.444 e. The minimum atomic E-state index is -3.40. The van der Waals surface area contributed by atoms with Crippen LogP contribution in [0.25, 0.3) is 0 Å². The Kier molecular flexibility index (Phi) is 5.89. The summed E-state index contributed by atoms with van der Waals surface area (Å²) in [6.45, 7) is 9.76. The zero-order valence-electron chi connectivity index (χ0n) is 14.5. The van der Waals surface area contributed by atoms with Gasteiger partial charge < -0.3 is 9.64 Å². The molecule has 22 heavy (non-hydrogen) atoms. The predicted octanol–water partition coefficient (Wildman–Crippen LogP) is 2.92. The molecule has 1 fully saturated rings. The van der Waals surface area contributed by atoms with Gasteiger partial charge in [0.15, 0.2) is 0 Å². The minimum absolute atomic E-state index is 0.0630. The van der Waals surface area contributed by atoms with E-state index >= 15 is 0 Å². The Morgan fingerprint density at radius 3 is 2.41 bits per heavy atom. The van der Waals surface area contributed by atoms with E-state index in [1.807, 2.05) is 34.6 Å². The van der Waals surface area contributed by atoms with E-state index in [2.05, 4.69) is 0 Å². The Labute approximate surface area is 134 Å². The maximum absolute atomic E-state index is 12.5. The molecule has 0 bridgehead atoms. The molecule has 1 rings (SSSR count). The van der Waals surface area contributed by atoms with Gasteiger partial charge in [0.05, 0.1) is 12.9 Å². The first-order chi connectivity index (χ1) is 9.82. The van der Waals surface area contributed by atoms with Crippen LogP contribution in [0, 0.1) is 0 Å². The third kappa shape index (κ3) is 6.12. The van der Waals surface area contributed by atoms with Gasteiger partial charge in [-0.2, -0.15) is 8.42 Å². The van der Waals surface area contributed by atoms with E-state index in [0.717, 1.165) is 19.1 Å². The zero-order valence-corrected chi connectivity index (χ0v) is 15.3. The van der Waals surface area contributed by atoms with Crippen molar-refractivity contribution in [3.05, 3.63) is 0 Å². The van der Waals surface area contributed by atoms with E-state index in [1.165, 1.54) is 0 Å². The lowest BCUT2D eigenvalue weighted by Crippen LogP contribution is -2.49. The van der Waals surface area contributed by atoms with Crippen molar-refractivity contribution in [3.63, 3.8) is 0 Å². The van der Waals surface area contributed by atoms with Crippen LogP contribution in [0.5, 0.6) is 0 Å². The molecule has 0 radical (unpaired) electrons. The molecule has 0 spiro atoms. The van der Waals surface area contributed by atoms with Crippen molar-refractivity contribution in [2.75, 3.05) is 12.9 Å². The monoisotopic (exact) mass is 335 g/mol. The van der Waals surface area contributed by atoms with Crippen LogP contribution in [0.3, 0.4) is 0 Å². The SMILES string of the molecule is CC(C)(C)OC(=O)N1[C@H](CCCOS(C)(=O)=O)CCC1(C)C. The largest absolute Gasteiger partial charge is 0.444 e. The summed E-state index contributed by atoms with van der Waals surface area (Å²) in [6.07, 6.45) is 3.84. The van der Waals surface area contributed by atoms with Crippen LogP contribution in [-0.2, 0) is 19.0 Å². The molecule has 1 atom stereocenters. The molecule has 6 nitrogen and oxygen atoms in total. The van der Waals surface area contributed by atoms with Gasteiger partial charge in [0.2, 0.25) is 0 Å². The molecule has 0 aliphatic carbocycles. The van der Waals surface area contributed by atoms with Gasteiger partial charge >= 0.3 is 6.09 Å². The lowest BCUT2D eigenvalue weighted by atomic mass is 10.0. The predicted molar refractivity (Wildman–Crippen MR) is 85.2 cm³/mol. The van der Waals surface area contributed by atoms with Gasteiger partial charge in [-0.15, -0.1) is 0 Å². The topological polar surface area (TPSA) is 72.9 Å². The molecule has 0 aromatic carbocycles. The van der Waals surface area contributed by atoms with Crippen molar-refractivity contribution in [1.82, 2.24) is 4.90 Å². The summed E-state index contributed by atoms with van der Waals surface area (Å²) in [6, 6.07) is 0.0630. The fourth-order valence-electron chi connectivity index (χ4n) is 2.77. The smallest absolute Gasteiger partial charge is 0.410 e. The number of amides is 1. The number of nitrogens with zero attached hydrogens (tertiary/aromatic N) is 1. The molecule has 0 aromatic heterocycles. The van der Waals surface area contributed by atoms with E-state index in [4.69, 9.17) is 8.92 Å². The van der Waals surface area contributed by atoms with E-state index in [0.29, 0.717) is 12.8 Å². The third-order valence-electron chi connectivity index (χ3n) is 3.68. The molecule has 1 aliphatic rings. The molecule has 0 N–H and O–H groups in total. The van der Waals surface area contributed by atoms with E-state index in [1.54, 1.807) is 4.90 Å². The summed E-state index contributed by atoms with van der Waals surface area (Å²) in [5.41, 5.74) is -0.773. The first-order valence-electron chi connectivity index (χ1n) is 7.68. The summed E-state index contributed by atoms with van der Waals surface area (Å²) in [5, 5.41) is 0. The molecule has 1 amide bonds. The van der Waals surface area contributed by atoms with Gasteiger partial charge in [0, 0.05) is 11.6 Å². The number of rotatable bonds is 5. The number of hydrogen-bond donors (Lipinski definition) is 0. The van der Waals surface area contributed by atoms with Gasteiger partial charge in [-0.3, -0.25) is 4.18 Å². The second kappa shape index (κ2) is 6.74. The summed E-state index contributed by atoms with van der Waals surface area (Å²) >= 11 is 0. The van der Waals surface area contributed by atoms with Crippen molar-refractivity contribution in [1.29, 1.82) is 0 Å². The van der Waals surface area contributed by atoms with Crippen molar-refractivity contribution in [2.45, 2.75) is 77.5 Å². The fourth-order valence-corrected chi connectivity index (χ4v) is 3.19. The lowest BCUT2D eigenvalue weighted by Gasteiger charge is -2.37. The second-order valence-electron chi connectivity index (χ2n) is 7.52. The van der Waals surface area contributed by atoms with Crippen LogP contribution in [0.1, 0.15) is 60.3 Å². The maximum Gasteiger partial charge on any atom is 0.410 e.